The minimum Gasteiger partial charge on any atom is -0.282 e. The first-order chi connectivity index (χ1) is 8.32. The highest BCUT2D eigenvalue weighted by atomic mass is 35.5. The molecule has 0 atom stereocenters. The van der Waals surface area contributed by atoms with Gasteiger partial charge in [0.2, 0.25) is 0 Å². The molecule has 0 unspecified atom stereocenters. The van der Waals surface area contributed by atoms with Crippen LogP contribution in [0, 0.1) is 0 Å². The van der Waals surface area contributed by atoms with Crippen LogP contribution >= 0.6 is 11.6 Å². The molecule has 18 heavy (non-hydrogen) atoms. The van der Waals surface area contributed by atoms with Gasteiger partial charge in [0.25, 0.3) is 10.1 Å². The van der Waals surface area contributed by atoms with E-state index in [1.54, 1.807) is 30.3 Å². The van der Waals surface area contributed by atoms with Crippen LogP contribution in [0.2, 0.25) is 5.02 Å². The lowest BCUT2D eigenvalue weighted by atomic mass is 9.99. The van der Waals surface area contributed by atoms with Gasteiger partial charge in [-0.05, 0) is 22.9 Å². The highest BCUT2D eigenvalue weighted by Gasteiger charge is 2.23. The van der Waals surface area contributed by atoms with Crippen LogP contribution < -0.4 is 0 Å². The number of rotatable bonds is 2. The molecule has 2 aromatic rings. The summed E-state index contributed by atoms with van der Waals surface area (Å²) in [6.45, 7) is 3.68. The van der Waals surface area contributed by atoms with Crippen molar-refractivity contribution >= 4 is 32.5 Å². The van der Waals surface area contributed by atoms with Gasteiger partial charge in [-0.15, -0.1) is 0 Å². The van der Waals surface area contributed by atoms with Crippen LogP contribution in [0.15, 0.2) is 35.2 Å². The predicted molar refractivity (Wildman–Crippen MR) is 72.9 cm³/mol. The standard InChI is InChI=1S/C13H13ClO3S/c1-8(2)12-11(14)7-9-5-3-4-6-10(9)13(12)18(15,16)17/h3-8H,1-2H3,(H,15,16,17). The minimum atomic E-state index is -4.31. The zero-order valence-electron chi connectivity index (χ0n) is 10.0. The first-order valence-electron chi connectivity index (χ1n) is 5.51. The quantitative estimate of drug-likeness (QED) is 0.852. The largest absolute Gasteiger partial charge is 0.295 e. The zero-order chi connectivity index (χ0) is 13.5. The molecule has 0 saturated heterocycles. The summed E-state index contributed by atoms with van der Waals surface area (Å²) >= 11 is 6.13. The van der Waals surface area contributed by atoms with Gasteiger partial charge < -0.3 is 0 Å². The van der Waals surface area contributed by atoms with Crippen LogP contribution in [0.4, 0.5) is 0 Å². The van der Waals surface area contributed by atoms with E-state index in [0.717, 1.165) is 0 Å². The van der Waals surface area contributed by atoms with Gasteiger partial charge >= 0.3 is 0 Å². The Morgan fingerprint density at radius 3 is 2.39 bits per heavy atom. The fourth-order valence-corrected chi connectivity index (χ4v) is 3.69. The molecule has 5 heteroatoms. The van der Waals surface area contributed by atoms with Crippen LogP contribution in [0.5, 0.6) is 0 Å². The van der Waals surface area contributed by atoms with E-state index < -0.39 is 10.1 Å². The van der Waals surface area contributed by atoms with Crippen molar-refractivity contribution in [2.45, 2.75) is 24.7 Å². The predicted octanol–water partition coefficient (Wildman–Crippen LogP) is 3.86. The summed E-state index contributed by atoms with van der Waals surface area (Å²) in [4.78, 5) is -0.0828. The molecule has 0 amide bonds. The Bertz CT molecular complexity index is 705. The molecule has 0 aromatic heterocycles. The molecule has 3 nitrogen and oxygen atoms in total. The summed E-state index contributed by atoms with van der Waals surface area (Å²) < 4.78 is 32.7. The van der Waals surface area contributed by atoms with E-state index in [2.05, 4.69) is 0 Å². The SMILES string of the molecule is CC(C)c1c(Cl)cc2ccccc2c1S(=O)(=O)O. The van der Waals surface area contributed by atoms with Crippen LogP contribution in [-0.2, 0) is 10.1 Å². The van der Waals surface area contributed by atoms with Crippen LogP contribution in [-0.4, -0.2) is 13.0 Å². The van der Waals surface area contributed by atoms with Gasteiger partial charge in [0.1, 0.15) is 4.90 Å². The van der Waals surface area contributed by atoms with Crippen molar-refractivity contribution in [3.05, 3.63) is 40.9 Å². The molecule has 0 saturated carbocycles. The Morgan fingerprint density at radius 2 is 1.83 bits per heavy atom. The number of hydrogen-bond acceptors (Lipinski definition) is 2. The van der Waals surface area contributed by atoms with Crippen molar-refractivity contribution in [1.82, 2.24) is 0 Å². The lowest BCUT2D eigenvalue weighted by Crippen LogP contribution is -2.06. The number of benzene rings is 2. The zero-order valence-corrected chi connectivity index (χ0v) is 11.6. The van der Waals surface area contributed by atoms with Gasteiger partial charge in [0.05, 0.1) is 0 Å². The van der Waals surface area contributed by atoms with Crippen LogP contribution in [0.1, 0.15) is 25.3 Å². The molecule has 0 heterocycles. The molecule has 2 rings (SSSR count). The molecule has 0 aliphatic rings. The van der Waals surface area contributed by atoms with E-state index in [0.29, 0.717) is 21.4 Å². The summed E-state index contributed by atoms with van der Waals surface area (Å²) in [6.07, 6.45) is 0. The molecule has 0 spiro atoms. The molecule has 1 N–H and O–H groups in total. The first kappa shape index (κ1) is 13.3. The number of halogens is 1. The highest BCUT2D eigenvalue weighted by Crippen LogP contribution is 2.36. The Balaban J connectivity index is 3.04. The van der Waals surface area contributed by atoms with Gasteiger partial charge in [-0.25, -0.2) is 0 Å². The molecular formula is C13H13ClO3S. The second-order valence-electron chi connectivity index (χ2n) is 4.45. The van der Waals surface area contributed by atoms with E-state index in [1.807, 2.05) is 13.8 Å². The van der Waals surface area contributed by atoms with E-state index in [9.17, 15) is 13.0 Å². The summed E-state index contributed by atoms with van der Waals surface area (Å²) in [5.74, 6) is -0.0981. The normalized spacial score (nSPS) is 12.3. The molecule has 2 aromatic carbocycles. The highest BCUT2D eigenvalue weighted by molar-refractivity contribution is 7.86. The van der Waals surface area contributed by atoms with E-state index >= 15 is 0 Å². The lowest BCUT2D eigenvalue weighted by Gasteiger charge is -2.15. The van der Waals surface area contributed by atoms with Gasteiger partial charge in [-0.1, -0.05) is 49.7 Å². The number of hydrogen-bond donors (Lipinski definition) is 1. The van der Waals surface area contributed by atoms with Crippen molar-refractivity contribution in [2.75, 3.05) is 0 Å². The van der Waals surface area contributed by atoms with Gasteiger partial charge in [-0.2, -0.15) is 8.42 Å². The van der Waals surface area contributed by atoms with E-state index in [4.69, 9.17) is 11.6 Å². The van der Waals surface area contributed by atoms with Gasteiger partial charge in [-0.3, -0.25) is 4.55 Å². The second-order valence-corrected chi connectivity index (χ2v) is 6.22. The third-order valence-electron chi connectivity index (χ3n) is 2.82. The molecule has 96 valence electrons. The monoisotopic (exact) mass is 284 g/mol. The topological polar surface area (TPSA) is 54.4 Å². The second kappa shape index (κ2) is 4.53. The van der Waals surface area contributed by atoms with E-state index in [1.165, 1.54) is 0 Å². The summed E-state index contributed by atoms with van der Waals surface area (Å²) in [5, 5.41) is 1.55. The third kappa shape index (κ3) is 2.23. The molecule has 0 aliphatic carbocycles. The van der Waals surface area contributed by atoms with Crippen molar-refractivity contribution in [3.63, 3.8) is 0 Å². The molecule has 0 fully saturated rings. The summed E-state index contributed by atoms with van der Waals surface area (Å²) in [5.41, 5.74) is 0.456. The summed E-state index contributed by atoms with van der Waals surface area (Å²) in [6, 6.07) is 8.68. The molecule has 0 radical (unpaired) electrons. The number of fused-ring (bicyclic) bond motifs is 1. The third-order valence-corrected chi connectivity index (χ3v) is 4.09. The van der Waals surface area contributed by atoms with Gasteiger partial charge in [0, 0.05) is 10.4 Å². The van der Waals surface area contributed by atoms with Crippen LogP contribution in [0.25, 0.3) is 10.8 Å². The maximum Gasteiger partial charge on any atom is 0.295 e. The Kier molecular flexibility index (Phi) is 3.36. The Hall–Kier alpha value is -1.10. The first-order valence-corrected chi connectivity index (χ1v) is 7.33. The van der Waals surface area contributed by atoms with E-state index in [-0.39, 0.29) is 10.8 Å². The van der Waals surface area contributed by atoms with Crippen LogP contribution in [0.3, 0.4) is 0 Å². The Morgan fingerprint density at radius 1 is 1.22 bits per heavy atom. The smallest absolute Gasteiger partial charge is 0.282 e. The maximum absolute atomic E-state index is 11.6. The fourth-order valence-electron chi connectivity index (χ4n) is 2.11. The van der Waals surface area contributed by atoms with Crippen molar-refractivity contribution in [3.8, 4) is 0 Å². The lowest BCUT2D eigenvalue weighted by molar-refractivity contribution is 0.482. The minimum absolute atomic E-state index is 0.0828. The molecule has 0 bridgehead atoms. The van der Waals surface area contributed by atoms with Crippen molar-refractivity contribution < 1.29 is 13.0 Å². The van der Waals surface area contributed by atoms with Crippen molar-refractivity contribution in [1.29, 1.82) is 0 Å². The maximum atomic E-state index is 11.6. The summed E-state index contributed by atoms with van der Waals surface area (Å²) in [7, 11) is -4.31. The fraction of sp³-hybridized carbons (Fsp3) is 0.231. The average molecular weight is 285 g/mol. The average Bonchev–Trinajstić information content (AvgIpc) is 2.25. The Labute approximate surface area is 111 Å². The molecular weight excluding hydrogens is 272 g/mol. The van der Waals surface area contributed by atoms with Gasteiger partial charge in [0.15, 0.2) is 0 Å². The molecule has 0 aliphatic heterocycles. The van der Waals surface area contributed by atoms with Crippen molar-refractivity contribution in [2.24, 2.45) is 0 Å².